The van der Waals surface area contributed by atoms with E-state index in [1.807, 2.05) is 12.1 Å². The number of rotatable bonds is 6. The molecule has 1 aromatic carbocycles. The zero-order valence-corrected chi connectivity index (χ0v) is 12.1. The Labute approximate surface area is 122 Å². The van der Waals surface area contributed by atoms with Gasteiger partial charge in [0, 0.05) is 29.1 Å². The van der Waals surface area contributed by atoms with E-state index in [0.717, 1.165) is 18.5 Å². The fourth-order valence-corrected chi connectivity index (χ4v) is 2.46. The second-order valence-corrected chi connectivity index (χ2v) is 5.01. The highest BCUT2D eigenvalue weighted by atomic mass is 35.5. The van der Waals surface area contributed by atoms with Crippen molar-refractivity contribution in [3.8, 4) is 0 Å². The van der Waals surface area contributed by atoms with Gasteiger partial charge < -0.3 is 9.84 Å². The molecule has 0 saturated carbocycles. The van der Waals surface area contributed by atoms with E-state index in [4.69, 9.17) is 27.7 Å². The van der Waals surface area contributed by atoms with Crippen LogP contribution in [0.5, 0.6) is 0 Å². The Hall–Kier alpha value is -1.10. The van der Waals surface area contributed by atoms with E-state index < -0.39 is 0 Å². The molecule has 1 unspecified atom stereocenters. The molecule has 0 aliphatic rings. The lowest BCUT2D eigenvalue weighted by Gasteiger charge is -2.18. The molecule has 19 heavy (non-hydrogen) atoms. The Bertz CT molecular complexity index is 517. The van der Waals surface area contributed by atoms with E-state index in [1.54, 1.807) is 6.07 Å². The van der Waals surface area contributed by atoms with Gasteiger partial charge in [0.05, 0.1) is 0 Å². The molecule has 1 N–H and O–H groups in total. The maximum atomic E-state index is 6.22. The lowest BCUT2D eigenvalue weighted by atomic mass is 10.0. The molecular weight excluding hydrogens is 285 g/mol. The van der Waals surface area contributed by atoms with Crippen molar-refractivity contribution in [1.82, 2.24) is 15.5 Å². The average Bonchev–Trinajstić information content (AvgIpc) is 2.89. The Balaban J connectivity index is 1.95. The predicted octanol–water partition coefficient (Wildman–Crippen LogP) is 3.66. The van der Waals surface area contributed by atoms with Gasteiger partial charge >= 0.3 is 0 Å². The van der Waals surface area contributed by atoms with Gasteiger partial charge in [-0.25, -0.2) is 0 Å². The quantitative estimate of drug-likeness (QED) is 0.884. The molecule has 4 nitrogen and oxygen atoms in total. The van der Waals surface area contributed by atoms with E-state index in [1.165, 1.54) is 6.33 Å². The van der Waals surface area contributed by atoms with Gasteiger partial charge in [-0.1, -0.05) is 41.3 Å². The fraction of sp³-hybridized carbons (Fsp3) is 0.385. The van der Waals surface area contributed by atoms with Crippen LogP contribution in [0.1, 0.15) is 30.8 Å². The monoisotopic (exact) mass is 299 g/mol. The van der Waals surface area contributed by atoms with Crippen LogP contribution in [0.15, 0.2) is 29.0 Å². The molecule has 0 aliphatic carbocycles. The van der Waals surface area contributed by atoms with E-state index in [-0.39, 0.29) is 6.04 Å². The van der Waals surface area contributed by atoms with Gasteiger partial charge in [-0.2, -0.15) is 4.98 Å². The first kappa shape index (κ1) is 14.3. The van der Waals surface area contributed by atoms with Crippen LogP contribution < -0.4 is 5.32 Å². The van der Waals surface area contributed by atoms with Gasteiger partial charge in [0.25, 0.3) is 0 Å². The van der Waals surface area contributed by atoms with Crippen LogP contribution in [-0.4, -0.2) is 16.7 Å². The lowest BCUT2D eigenvalue weighted by Crippen LogP contribution is -2.23. The van der Waals surface area contributed by atoms with Crippen LogP contribution >= 0.6 is 23.2 Å². The molecule has 1 atom stereocenters. The minimum Gasteiger partial charge on any atom is -0.340 e. The van der Waals surface area contributed by atoms with Crippen LogP contribution in [-0.2, 0) is 6.42 Å². The molecule has 1 aromatic heterocycles. The van der Waals surface area contributed by atoms with Crippen molar-refractivity contribution < 1.29 is 4.52 Å². The van der Waals surface area contributed by atoms with Crippen LogP contribution in [0.4, 0.5) is 0 Å². The molecule has 0 fully saturated rings. The standard InChI is InChI=1S/C13H15Cl2N3O/c1-2-12(10-4-3-9(14)7-11(10)15)16-6-5-13-17-8-18-19-13/h3-4,7-8,12,16H,2,5-6H2,1H3. The summed E-state index contributed by atoms with van der Waals surface area (Å²) in [5, 5.41) is 8.33. The van der Waals surface area contributed by atoms with Crippen molar-refractivity contribution in [1.29, 1.82) is 0 Å². The van der Waals surface area contributed by atoms with Gasteiger partial charge in [0.15, 0.2) is 6.33 Å². The molecule has 0 amide bonds. The molecule has 0 bridgehead atoms. The third kappa shape index (κ3) is 3.93. The molecule has 0 radical (unpaired) electrons. The van der Waals surface area contributed by atoms with Crippen molar-refractivity contribution in [2.45, 2.75) is 25.8 Å². The van der Waals surface area contributed by atoms with Crippen molar-refractivity contribution in [3.63, 3.8) is 0 Å². The van der Waals surface area contributed by atoms with Crippen LogP contribution in [0.2, 0.25) is 10.0 Å². The summed E-state index contributed by atoms with van der Waals surface area (Å²) in [7, 11) is 0. The molecule has 0 spiro atoms. The highest BCUT2D eigenvalue weighted by Crippen LogP contribution is 2.27. The van der Waals surface area contributed by atoms with E-state index in [0.29, 0.717) is 22.4 Å². The maximum Gasteiger partial charge on any atom is 0.227 e. The van der Waals surface area contributed by atoms with E-state index in [2.05, 4.69) is 22.4 Å². The number of hydrogen-bond donors (Lipinski definition) is 1. The highest BCUT2D eigenvalue weighted by Gasteiger charge is 2.13. The minimum absolute atomic E-state index is 0.188. The summed E-state index contributed by atoms with van der Waals surface area (Å²) in [6.45, 7) is 2.86. The Morgan fingerprint density at radius 2 is 2.21 bits per heavy atom. The molecular formula is C13H15Cl2N3O. The number of nitrogens with one attached hydrogen (secondary N) is 1. The van der Waals surface area contributed by atoms with E-state index in [9.17, 15) is 0 Å². The first-order valence-corrected chi connectivity index (χ1v) is 6.90. The Kier molecular flexibility index (Phi) is 5.19. The third-order valence-electron chi connectivity index (χ3n) is 2.88. The Morgan fingerprint density at radius 3 is 2.84 bits per heavy atom. The average molecular weight is 300 g/mol. The van der Waals surface area contributed by atoms with E-state index >= 15 is 0 Å². The number of nitrogens with zero attached hydrogens (tertiary/aromatic N) is 2. The third-order valence-corrected chi connectivity index (χ3v) is 3.45. The van der Waals surface area contributed by atoms with Crippen molar-refractivity contribution >= 4 is 23.2 Å². The first-order valence-electron chi connectivity index (χ1n) is 6.14. The fourth-order valence-electron chi connectivity index (χ4n) is 1.92. The molecule has 0 saturated heterocycles. The summed E-state index contributed by atoms with van der Waals surface area (Å²) in [6.07, 6.45) is 3.04. The van der Waals surface area contributed by atoms with Crippen molar-refractivity contribution in [3.05, 3.63) is 46.0 Å². The second-order valence-electron chi connectivity index (χ2n) is 4.17. The predicted molar refractivity (Wildman–Crippen MR) is 75.5 cm³/mol. The van der Waals surface area contributed by atoms with Gasteiger partial charge in [-0.3, -0.25) is 0 Å². The first-order chi connectivity index (χ1) is 9.20. The SMILES string of the molecule is CCC(NCCc1ncno1)c1ccc(Cl)cc1Cl. The highest BCUT2D eigenvalue weighted by molar-refractivity contribution is 6.35. The summed E-state index contributed by atoms with van der Waals surface area (Å²) in [6, 6.07) is 5.76. The maximum absolute atomic E-state index is 6.22. The summed E-state index contributed by atoms with van der Waals surface area (Å²) < 4.78 is 4.95. The zero-order valence-electron chi connectivity index (χ0n) is 10.6. The van der Waals surface area contributed by atoms with Gasteiger partial charge in [-0.05, 0) is 24.1 Å². The number of benzene rings is 1. The number of aromatic nitrogens is 2. The summed E-state index contributed by atoms with van der Waals surface area (Å²) in [4.78, 5) is 3.98. The minimum atomic E-state index is 0.188. The summed E-state index contributed by atoms with van der Waals surface area (Å²) in [5.74, 6) is 0.629. The smallest absolute Gasteiger partial charge is 0.227 e. The van der Waals surface area contributed by atoms with Crippen LogP contribution in [0.25, 0.3) is 0 Å². The molecule has 1 heterocycles. The van der Waals surface area contributed by atoms with Gasteiger partial charge in [-0.15, -0.1) is 0 Å². The lowest BCUT2D eigenvalue weighted by molar-refractivity contribution is 0.371. The Morgan fingerprint density at radius 1 is 1.37 bits per heavy atom. The number of hydrogen-bond acceptors (Lipinski definition) is 4. The second kappa shape index (κ2) is 6.89. The number of halogens is 2. The van der Waals surface area contributed by atoms with Gasteiger partial charge in [0.1, 0.15) is 0 Å². The van der Waals surface area contributed by atoms with Gasteiger partial charge in [0.2, 0.25) is 5.89 Å². The summed E-state index contributed by atoms with van der Waals surface area (Å²) >= 11 is 12.1. The molecule has 2 rings (SSSR count). The summed E-state index contributed by atoms with van der Waals surface area (Å²) in [5.41, 5.74) is 1.05. The molecule has 102 valence electrons. The molecule has 6 heteroatoms. The van der Waals surface area contributed by atoms with Crippen molar-refractivity contribution in [2.24, 2.45) is 0 Å². The topological polar surface area (TPSA) is 51.0 Å². The van der Waals surface area contributed by atoms with Crippen LogP contribution in [0.3, 0.4) is 0 Å². The normalized spacial score (nSPS) is 12.6. The largest absolute Gasteiger partial charge is 0.340 e. The van der Waals surface area contributed by atoms with Crippen LogP contribution in [0, 0.1) is 0 Å². The zero-order chi connectivity index (χ0) is 13.7. The molecule has 2 aromatic rings. The molecule has 0 aliphatic heterocycles. The van der Waals surface area contributed by atoms with Crippen molar-refractivity contribution in [2.75, 3.05) is 6.54 Å².